The number of benzene rings is 1. The fourth-order valence-electron chi connectivity index (χ4n) is 2.79. The fraction of sp³-hybridized carbons (Fsp3) is 0.438. The van der Waals surface area contributed by atoms with E-state index in [-0.39, 0.29) is 0 Å². The number of quaternary nitrogens is 1. The maximum absolute atomic E-state index is 5.88. The molecule has 0 amide bonds. The normalized spacial score (nSPS) is 18.4. The molecule has 1 aromatic carbocycles. The van der Waals surface area contributed by atoms with Gasteiger partial charge in [-0.2, -0.15) is 4.98 Å². The van der Waals surface area contributed by atoms with Gasteiger partial charge in [0, 0.05) is 0 Å². The first-order valence-corrected chi connectivity index (χ1v) is 7.16. The zero-order chi connectivity index (χ0) is 14.2. The Morgan fingerprint density at radius 1 is 1.40 bits per heavy atom. The van der Waals surface area contributed by atoms with Crippen molar-refractivity contribution in [3.8, 4) is 0 Å². The van der Waals surface area contributed by atoms with Gasteiger partial charge in [0.1, 0.15) is 5.52 Å². The van der Waals surface area contributed by atoms with E-state index < -0.39 is 0 Å². The summed E-state index contributed by atoms with van der Waals surface area (Å²) in [5.74, 6) is 0. The first kappa shape index (κ1) is 13.2. The van der Waals surface area contributed by atoms with Crippen LogP contribution in [-0.2, 0) is 0 Å². The molecule has 0 unspecified atom stereocenters. The SMILES string of the molecule is C=CC[N+]1(C)CCN(c2nc3cc(C)ccc3o2)CC1. The summed E-state index contributed by atoms with van der Waals surface area (Å²) in [7, 11) is 2.29. The Balaban J connectivity index is 1.78. The number of aromatic nitrogens is 1. The van der Waals surface area contributed by atoms with Crippen molar-refractivity contribution in [1.29, 1.82) is 0 Å². The van der Waals surface area contributed by atoms with Crippen LogP contribution < -0.4 is 4.90 Å². The third-order valence-electron chi connectivity index (χ3n) is 4.19. The lowest BCUT2D eigenvalue weighted by Crippen LogP contribution is -2.57. The zero-order valence-electron chi connectivity index (χ0n) is 12.3. The average molecular weight is 272 g/mol. The fourth-order valence-corrected chi connectivity index (χ4v) is 2.79. The minimum atomic E-state index is 0.760. The monoisotopic (exact) mass is 272 g/mol. The average Bonchev–Trinajstić information content (AvgIpc) is 2.82. The first-order chi connectivity index (χ1) is 9.59. The highest BCUT2D eigenvalue weighted by atomic mass is 16.4. The van der Waals surface area contributed by atoms with E-state index in [4.69, 9.17) is 4.42 Å². The van der Waals surface area contributed by atoms with Gasteiger partial charge in [-0.15, -0.1) is 0 Å². The Morgan fingerprint density at radius 2 is 2.15 bits per heavy atom. The largest absolute Gasteiger partial charge is 0.423 e. The molecule has 3 rings (SSSR count). The summed E-state index contributed by atoms with van der Waals surface area (Å²) in [6, 6.07) is 6.90. The summed E-state index contributed by atoms with van der Waals surface area (Å²) in [4.78, 5) is 6.87. The number of hydrogen-bond donors (Lipinski definition) is 0. The second-order valence-corrected chi connectivity index (χ2v) is 5.99. The van der Waals surface area contributed by atoms with Crippen molar-refractivity contribution in [2.45, 2.75) is 6.92 Å². The van der Waals surface area contributed by atoms with Gasteiger partial charge >= 0.3 is 0 Å². The molecule has 4 nitrogen and oxygen atoms in total. The van der Waals surface area contributed by atoms with Crippen LogP contribution in [-0.4, -0.2) is 49.2 Å². The van der Waals surface area contributed by atoms with Crippen molar-refractivity contribution in [3.05, 3.63) is 36.4 Å². The van der Waals surface area contributed by atoms with E-state index >= 15 is 0 Å². The molecule has 0 bridgehead atoms. The summed E-state index contributed by atoms with van der Waals surface area (Å²) < 4.78 is 6.93. The lowest BCUT2D eigenvalue weighted by molar-refractivity contribution is -0.904. The molecule has 2 aromatic rings. The van der Waals surface area contributed by atoms with Crippen LogP contribution in [0.4, 0.5) is 6.01 Å². The van der Waals surface area contributed by atoms with Crippen LogP contribution in [0.3, 0.4) is 0 Å². The molecule has 0 spiro atoms. The second-order valence-electron chi connectivity index (χ2n) is 5.99. The lowest BCUT2D eigenvalue weighted by Gasteiger charge is -2.40. The van der Waals surface area contributed by atoms with Gasteiger partial charge in [0.25, 0.3) is 6.01 Å². The van der Waals surface area contributed by atoms with Crippen molar-refractivity contribution < 1.29 is 8.90 Å². The summed E-state index contributed by atoms with van der Waals surface area (Å²) in [6.45, 7) is 11.1. The molecule has 0 aliphatic carbocycles. The summed E-state index contributed by atoms with van der Waals surface area (Å²) in [5.41, 5.74) is 3.04. The molecule has 1 aromatic heterocycles. The highest BCUT2D eigenvalue weighted by molar-refractivity contribution is 5.75. The molecule has 1 fully saturated rings. The number of piperazine rings is 1. The molecule has 2 heterocycles. The molecule has 1 aliphatic rings. The molecule has 4 heteroatoms. The van der Waals surface area contributed by atoms with Crippen molar-refractivity contribution in [2.24, 2.45) is 0 Å². The number of rotatable bonds is 3. The number of nitrogens with zero attached hydrogens (tertiary/aromatic N) is 3. The molecule has 0 saturated carbocycles. The van der Waals surface area contributed by atoms with E-state index in [1.54, 1.807) is 0 Å². The van der Waals surface area contributed by atoms with Gasteiger partial charge in [-0.1, -0.05) is 12.6 Å². The van der Waals surface area contributed by atoms with E-state index in [2.05, 4.69) is 42.6 Å². The second kappa shape index (κ2) is 4.94. The maximum Gasteiger partial charge on any atom is 0.298 e. The number of anilines is 1. The van der Waals surface area contributed by atoms with E-state index in [0.717, 1.165) is 54.3 Å². The van der Waals surface area contributed by atoms with E-state index in [0.29, 0.717) is 0 Å². The van der Waals surface area contributed by atoms with Crippen LogP contribution in [0.25, 0.3) is 11.1 Å². The molecular weight excluding hydrogens is 250 g/mol. The number of aryl methyl sites for hydroxylation is 1. The first-order valence-electron chi connectivity index (χ1n) is 7.16. The molecule has 1 aliphatic heterocycles. The van der Waals surface area contributed by atoms with Gasteiger partial charge in [0.05, 0.1) is 39.8 Å². The van der Waals surface area contributed by atoms with Crippen molar-refractivity contribution >= 4 is 17.1 Å². The maximum atomic E-state index is 5.88. The van der Waals surface area contributed by atoms with Gasteiger partial charge in [-0.25, -0.2) is 0 Å². The van der Waals surface area contributed by atoms with Crippen LogP contribution in [0, 0.1) is 6.92 Å². The lowest BCUT2D eigenvalue weighted by atomic mass is 10.2. The van der Waals surface area contributed by atoms with Crippen LogP contribution in [0.5, 0.6) is 0 Å². The van der Waals surface area contributed by atoms with Gasteiger partial charge < -0.3 is 13.8 Å². The van der Waals surface area contributed by atoms with E-state index in [1.807, 2.05) is 12.1 Å². The van der Waals surface area contributed by atoms with Crippen molar-refractivity contribution in [3.63, 3.8) is 0 Å². The zero-order valence-corrected chi connectivity index (χ0v) is 12.3. The number of fused-ring (bicyclic) bond motifs is 1. The molecular formula is C16H22N3O+. The number of oxazole rings is 1. The Morgan fingerprint density at radius 3 is 2.85 bits per heavy atom. The molecule has 20 heavy (non-hydrogen) atoms. The summed E-state index contributed by atoms with van der Waals surface area (Å²) in [5, 5.41) is 0. The van der Waals surface area contributed by atoms with Crippen LogP contribution in [0.1, 0.15) is 5.56 Å². The predicted octanol–water partition coefficient (Wildman–Crippen LogP) is 2.59. The molecule has 0 N–H and O–H groups in total. The topological polar surface area (TPSA) is 29.3 Å². The van der Waals surface area contributed by atoms with Crippen LogP contribution >= 0.6 is 0 Å². The van der Waals surface area contributed by atoms with E-state index in [1.165, 1.54) is 5.56 Å². The van der Waals surface area contributed by atoms with Crippen molar-refractivity contribution in [2.75, 3.05) is 44.7 Å². The minimum Gasteiger partial charge on any atom is -0.423 e. The Labute approximate surface area is 119 Å². The Bertz CT molecular complexity index is 624. The molecule has 0 radical (unpaired) electrons. The molecule has 1 saturated heterocycles. The minimum absolute atomic E-state index is 0.760. The predicted molar refractivity (Wildman–Crippen MR) is 81.9 cm³/mol. The smallest absolute Gasteiger partial charge is 0.298 e. The number of likely N-dealkylation sites (N-methyl/N-ethyl adjacent to an activating group) is 1. The van der Waals surface area contributed by atoms with E-state index in [9.17, 15) is 0 Å². The van der Waals surface area contributed by atoms with Gasteiger partial charge in [0.2, 0.25) is 0 Å². The summed E-state index contributed by atoms with van der Waals surface area (Å²) in [6.07, 6.45) is 2.01. The third-order valence-corrected chi connectivity index (χ3v) is 4.19. The highest BCUT2D eigenvalue weighted by Gasteiger charge is 2.29. The Kier molecular flexibility index (Phi) is 3.26. The van der Waals surface area contributed by atoms with Gasteiger partial charge in [-0.3, -0.25) is 0 Å². The van der Waals surface area contributed by atoms with Crippen LogP contribution in [0.15, 0.2) is 35.3 Å². The van der Waals surface area contributed by atoms with Crippen molar-refractivity contribution in [1.82, 2.24) is 4.98 Å². The molecule has 106 valence electrons. The summed E-state index contributed by atoms with van der Waals surface area (Å²) >= 11 is 0. The van der Waals surface area contributed by atoms with Crippen LogP contribution in [0.2, 0.25) is 0 Å². The molecule has 0 atom stereocenters. The Hall–Kier alpha value is -1.81. The van der Waals surface area contributed by atoms with Gasteiger partial charge in [0.15, 0.2) is 5.58 Å². The highest BCUT2D eigenvalue weighted by Crippen LogP contribution is 2.24. The third kappa shape index (κ3) is 2.43. The van der Waals surface area contributed by atoms with Gasteiger partial charge in [-0.05, 0) is 30.7 Å². The quantitative estimate of drug-likeness (QED) is 0.635. The number of hydrogen-bond acceptors (Lipinski definition) is 3. The standard InChI is InChI=1S/C16H22N3O/c1-4-9-19(3)10-7-18(8-11-19)16-17-14-12-13(2)5-6-15(14)20-16/h4-6,12H,1,7-11H2,2-3H3/q+1.